The van der Waals surface area contributed by atoms with Crippen LogP contribution < -0.4 is 0 Å². The fourth-order valence-electron chi connectivity index (χ4n) is 1.18. The van der Waals surface area contributed by atoms with E-state index in [4.69, 9.17) is 14.9 Å². The van der Waals surface area contributed by atoms with Crippen molar-refractivity contribution in [2.75, 3.05) is 0 Å². The standard InChI is InChI=1S/C6H11O5P/c1-6(5(7)8,4-2-3-4)12(9,10)11/h4H,2-3H2,1H3,(H,7,8)(H2,9,10,11). The highest BCUT2D eigenvalue weighted by atomic mass is 31.2. The van der Waals surface area contributed by atoms with Gasteiger partial charge in [-0.25, -0.2) is 0 Å². The van der Waals surface area contributed by atoms with Crippen molar-refractivity contribution in [1.82, 2.24) is 0 Å². The zero-order valence-electron chi connectivity index (χ0n) is 6.60. The van der Waals surface area contributed by atoms with Gasteiger partial charge in [0.05, 0.1) is 0 Å². The predicted molar refractivity (Wildman–Crippen MR) is 40.8 cm³/mol. The van der Waals surface area contributed by atoms with Crippen molar-refractivity contribution in [3.05, 3.63) is 0 Å². The lowest BCUT2D eigenvalue weighted by Crippen LogP contribution is -2.37. The Morgan fingerprint density at radius 1 is 1.50 bits per heavy atom. The Hall–Kier alpha value is -0.380. The molecule has 5 nitrogen and oxygen atoms in total. The van der Waals surface area contributed by atoms with Gasteiger partial charge in [-0.3, -0.25) is 9.36 Å². The smallest absolute Gasteiger partial charge is 0.342 e. The van der Waals surface area contributed by atoms with Gasteiger partial charge < -0.3 is 14.9 Å². The maximum atomic E-state index is 10.9. The number of aliphatic carboxylic acids is 1. The molecule has 0 aromatic heterocycles. The van der Waals surface area contributed by atoms with Crippen molar-refractivity contribution in [3.8, 4) is 0 Å². The molecule has 1 fully saturated rings. The van der Waals surface area contributed by atoms with Gasteiger partial charge in [-0.15, -0.1) is 0 Å². The molecule has 1 rings (SSSR count). The summed E-state index contributed by atoms with van der Waals surface area (Å²) in [4.78, 5) is 28.4. The van der Waals surface area contributed by atoms with Gasteiger partial charge in [0.2, 0.25) is 0 Å². The minimum atomic E-state index is -4.54. The fraction of sp³-hybridized carbons (Fsp3) is 0.833. The van der Waals surface area contributed by atoms with E-state index in [2.05, 4.69) is 0 Å². The average molecular weight is 194 g/mol. The zero-order chi connectivity index (χ0) is 9.57. The van der Waals surface area contributed by atoms with Crippen molar-refractivity contribution < 1.29 is 24.3 Å². The summed E-state index contributed by atoms with van der Waals surface area (Å²) in [6, 6.07) is 0. The molecule has 12 heavy (non-hydrogen) atoms. The van der Waals surface area contributed by atoms with Crippen LogP contribution in [0.3, 0.4) is 0 Å². The predicted octanol–water partition coefficient (Wildman–Crippen LogP) is 0.417. The molecule has 1 unspecified atom stereocenters. The molecule has 0 bridgehead atoms. The maximum absolute atomic E-state index is 10.9. The SMILES string of the molecule is CC(C(=O)O)(C1CC1)P(=O)(O)O. The van der Waals surface area contributed by atoms with Crippen LogP contribution in [0, 0.1) is 5.92 Å². The minimum absolute atomic E-state index is 0.365. The molecule has 0 radical (unpaired) electrons. The summed E-state index contributed by atoms with van der Waals surface area (Å²) < 4.78 is 10.9. The van der Waals surface area contributed by atoms with Crippen LogP contribution in [0.15, 0.2) is 0 Å². The first-order valence-corrected chi connectivity index (χ1v) is 5.20. The molecule has 1 atom stereocenters. The third kappa shape index (κ3) is 1.28. The van der Waals surface area contributed by atoms with Crippen molar-refractivity contribution >= 4 is 13.6 Å². The topological polar surface area (TPSA) is 94.8 Å². The van der Waals surface area contributed by atoms with Crippen LogP contribution in [0.5, 0.6) is 0 Å². The van der Waals surface area contributed by atoms with Crippen LogP contribution in [-0.2, 0) is 9.36 Å². The zero-order valence-corrected chi connectivity index (χ0v) is 7.49. The second kappa shape index (κ2) is 2.55. The molecule has 0 aromatic rings. The highest BCUT2D eigenvalue weighted by Gasteiger charge is 2.59. The van der Waals surface area contributed by atoms with Crippen LogP contribution in [0.25, 0.3) is 0 Å². The molecule has 70 valence electrons. The van der Waals surface area contributed by atoms with Gasteiger partial charge in [-0.1, -0.05) is 0 Å². The fourth-order valence-corrected chi connectivity index (χ4v) is 2.17. The van der Waals surface area contributed by atoms with E-state index in [1.807, 2.05) is 0 Å². The van der Waals surface area contributed by atoms with E-state index < -0.39 is 18.7 Å². The van der Waals surface area contributed by atoms with Gasteiger partial charge in [0.1, 0.15) is 0 Å². The molecule has 1 aliphatic carbocycles. The Kier molecular flexibility index (Phi) is 2.07. The highest BCUT2D eigenvalue weighted by molar-refractivity contribution is 7.54. The van der Waals surface area contributed by atoms with Gasteiger partial charge in [0, 0.05) is 0 Å². The molecule has 0 saturated heterocycles. The highest BCUT2D eigenvalue weighted by Crippen LogP contribution is 2.61. The molecule has 0 heterocycles. The van der Waals surface area contributed by atoms with E-state index >= 15 is 0 Å². The first kappa shape index (κ1) is 9.71. The summed E-state index contributed by atoms with van der Waals surface area (Å²) in [5, 5.41) is 6.82. The summed E-state index contributed by atoms with van der Waals surface area (Å²) >= 11 is 0. The largest absolute Gasteiger partial charge is 0.480 e. The van der Waals surface area contributed by atoms with Crippen LogP contribution in [-0.4, -0.2) is 26.0 Å². The first-order valence-electron chi connectivity index (χ1n) is 3.59. The number of carboxylic acid groups (broad SMARTS) is 1. The summed E-state index contributed by atoms with van der Waals surface area (Å²) in [5.41, 5.74) is 0. The molecule has 0 aromatic carbocycles. The Bertz CT molecular complexity index is 253. The first-order chi connectivity index (χ1) is 5.30. The van der Waals surface area contributed by atoms with Gasteiger partial charge in [-0.05, 0) is 25.7 Å². The van der Waals surface area contributed by atoms with E-state index in [9.17, 15) is 9.36 Å². The second-order valence-corrected chi connectivity index (χ2v) is 5.29. The minimum Gasteiger partial charge on any atom is -0.480 e. The van der Waals surface area contributed by atoms with E-state index in [-0.39, 0.29) is 5.92 Å². The Labute approximate surface area is 69.6 Å². The number of hydrogen-bond donors (Lipinski definition) is 3. The van der Waals surface area contributed by atoms with Gasteiger partial charge in [-0.2, -0.15) is 0 Å². The number of hydrogen-bond acceptors (Lipinski definition) is 2. The number of carbonyl (C=O) groups is 1. The van der Waals surface area contributed by atoms with Crippen LogP contribution in [0.2, 0.25) is 0 Å². The summed E-state index contributed by atoms with van der Waals surface area (Å²) in [6.07, 6.45) is 1.18. The monoisotopic (exact) mass is 194 g/mol. The Balaban J connectivity index is 3.02. The lowest BCUT2D eigenvalue weighted by Gasteiger charge is -2.25. The quantitative estimate of drug-likeness (QED) is 0.566. The van der Waals surface area contributed by atoms with E-state index in [0.717, 1.165) is 6.92 Å². The van der Waals surface area contributed by atoms with Crippen LogP contribution in [0.1, 0.15) is 19.8 Å². The number of carboxylic acids is 1. The molecular formula is C6H11O5P. The van der Waals surface area contributed by atoms with Gasteiger partial charge in [0.25, 0.3) is 0 Å². The molecule has 1 saturated carbocycles. The summed E-state index contributed by atoms with van der Waals surface area (Å²) in [5.74, 6) is -1.77. The normalized spacial score (nSPS) is 23.2. The molecule has 0 amide bonds. The lowest BCUT2D eigenvalue weighted by atomic mass is 10.1. The van der Waals surface area contributed by atoms with E-state index in [1.54, 1.807) is 0 Å². The average Bonchev–Trinajstić information content (AvgIpc) is 2.63. The van der Waals surface area contributed by atoms with Crippen molar-refractivity contribution in [1.29, 1.82) is 0 Å². The van der Waals surface area contributed by atoms with Gasteiger partial charge >= 0.3 is 13.6 Å². The van der Waals surface area contributed by atoms with E-state index in [1.165, 1.54) is 0 Å². The summed E-state index contributed by atoms with van der Waals surface area (Å²) in [7, 11) is -4.54. The van der Waals surface area contributed by atoms with E-state index in [0.29, 0.717) is 12.8 Å². The third-order valence-electron chi connectivity index (χ3n) is 2.41. The molecule has 6 heteroatoms. The Morgan fingerprint density at radius 2 is 1.92 bits per heavy atom. The molecular weight excluding hydrogens is 183 g/mol. The summed E-state index contributed by atoms with van der Waals surface area (Å²) in [6.45, 7) is 1.12. The molecule has 0 spiro atoms. The maximum Gasteiger partial charge on any atom is 0.342 e. The second-order valence-electron chi connectivity index (χ2n) is 3.27. The van der Waals surface area contributed by atoms with Crippen molar-refractivity contribution in [2.45, 2.75) is 24.9 Å². The lowest BCUT2D eigenvalue weighted by molar-refractivity contribution is -0.140. The molecule has 1 aliphatic rings. The third-order valence-corrected chi connectivity index (χ3v) is 4.18. The van der Waals surface area contributed by atoms with Crippen molar-refractivity contribution in [3.63, 3.8) is 0 Å². The molecule has 3 N–H and O–H groups in total. The van der Waals surface area contributed by atoms with Crippen molar-refractivity contribution in [2.24, 2.45) is 5.92 Å². The van der Waals surface area contributed by atoms with Crippen LogP contribution in [0.4, 0.5) is 0 Å². The Morgan fingerprint density at radius 3 is 2.00 bits per heavy atom. The van der Waals surface area contributed by atoms with Gasteiger partial charge in [0.15, 0.2) is 5.16 Å². The van der Waals surface area contributed by atoms with Crippen LogP contribution >= 0.6 is 7.60 Å². The molecule has 0 aliphatic heterocycles. The number of rotatable bonds is 3.